The zero-order chi connectivity index (χ0) is 19.7. The Morgan fingerprint density at radius 2 is 1.88 bits per heavy atom. The van der Waals surface area contributed by atoms with E-state index in [4.69, 9.17) is 62.7 Å². The van der Waals surface area contributed by atoms with E-state index in [0.29, 0.717) is 11.4 Å². The van der Waals surface area contributed by atoms with Gasteiger partial charge in [-0.05, 0) is 29.5 Å². The molecule has 1 aromatic carbocycles. The average Bonchev–Trinajstić information content (AvgIpc) is 3.05. The number of halogens is 5. The molecular weight excluding hydrogens is 441 g/mol. The number of anilines is 1. The molecule has 3 atom stereocenters. The van der Waals surface area contributed by atoms with Crippen LogP contribution in [-0.4, -0.2) is 23.0 Å². The Hall–Kier alpha value is -0.520. The quantitative estimate of drug-likeness (QED) is 0.435. The average molecular weight is 461 g/mol. The van der Waals surface area contributed by atoms with E-state index in [1.807, 2.05) is 19.9 Å². The third kappa shape index (κ3) is 5.05. The van der Waals surface area contributed by atoms with Crippen LogP contribution in [0.1, 0.15) is 13.8 Å². The highest BCUT2D eigenvalue weighted by Gasteiger charge is 2.61. The van der Waals surface area contributed by atoms with Crippen molar-refractivity contribution in [1.82, 2.24) is 5.32 Å². The number of para-hydroxylation sites is 2. The molecule has 2 rings (SSSR count). The lowest BCUT2D eigenvalue weighted by Crippen LogP contribution is -2.50. The number of hydrogen-bond donors (Lipinski definition) is 2. The molecule has 0 heterocycles. The maximum atomic E-state index is 12.7. The van der Waals surface area contributed by atoms with Crippen molar-refractivity contribution in [2.75, 3.05) is 12.4 Å². The molecule has 1 amide bonds. The third-order valence-electron chi connectivity index (χ3n) is 4.52. The highest BCUT2D eigenvalue weighted by Crippen LogP contribution is 2.59. The number of amides is 1. The highest BCUT2D eigenvalue weighted by molar-refractivity contribution is 6.68. The van der Waals surface area contributed by atoms with Gasteiger partial charge in [-0.25, -0.2) is 0 Å². The lowest BCUT2D eigenvalue weighted by molar-refractivity contribution is -0.123. The van der Waals surface area contributed by atoms with Crippen LogP contribution >= 0.6 is 58.0 Å². The summed E-state index contributed by atoms with van der Waals surface area (Å²) in [6.07, 6.45) is 0.689. The molecule has 1 aliphatic rings. The molecule has 2 N–H and O–H groups in total. The molecule has 4 nitrogen and oxygen atoms in total. The summed E-state index contributed by atoms with van der Waals surface area (Å²) in [6, 6.07) is 7.13. The standard InChI is InChI=1S/C17H19Cl5N2O2/c1-16(2)9(8-12(18)19)13(16)14(25)24-15(17(20,21)22)23-10-6-4-5-7-11(10)26-3/h4-9,13,15,23H,1-3H3,(H,24,25)/t9-,13-,15-/m1/s1. The molecule has 0 bridgehead atoms. The first-order chi connectivity index (χ1) is 12.0. The summed E-state index contributed by atoms with van der Waals surface area (Å²) in [5.74, 6) is -0.119. The van der Waals surface area contributed by atoms with E-state index in [2.05, 4.69) is 10.6 Å². The van der Waals surface area contributed by atoms with E-state index in [9.17, 15) is 4.79 Å². The van der Waals surface area contributed by atoms with Crippen molar-refractivity contribution in [3.05, 3.63) is 34.8 Å². The Balaban J connectivity index is 2.17. The molecule has 1 aliphatic carbocycles. The van der Waals surface area contributed by atoms with Gasteiger partial charge >= 0.3 is 0 Å². The molecule has 144 valence electrons. The Bertz CT molecular complexity index is 699. The summed E-state index contributed by atoms with van der Waals surface area (Å²) in [6.45, 7) is 3.90. The molecular formula is C17H19Cl5N2O2. The molecule has 0 aromatic heterocycles. The maximum absolute atomic E-state index is 12.7. The van der Waals surface area contributed by atoms with Crippen LogP contribution in [0.3, 0.4) is 0 Å². The number of carbonyl (C=O) groups is 1. The topological polar surface area (TPSA) is 50.4 Å². The summed E-state index contributed by atoms with van der Waals surface area (Å²) in [4.78, 5) is 12.7. The molecule has 1 aromatic rings. The number of nitrogens with one attached hydrogen (secondary N) is 2. The summed E-state index contributed by atoms with van der Waals surface area (Å²) in [7, 11) is 1.53. The number of benzene rings is 1. The van der Waals surface area contributed by atoms with Crippen LogP contribution in [0.5, 0.6) is 5.75 Å². The monoisotopic (exact) mass is 458 g/mol. The maximum Gasteiger partial charge on any atom is 0.228 e. The smallest absolute Gasteiger partial charge is 0.228 e. The number of hydrogen-bond acceptors (Lipinski definition) is 3. The van der Waals surface area contributed by atoms with Gasteiger partial charge in [-0.2, -0.15) is 0 Å². The summed E-state index contributed by atoms with van der Waals surface area (Å²) in [5, 5.41) is 5.78. The molecule has 0 spiro atoms. The van der Waals surface area contributed by atoms with Gasteiger partial charge in [-0.3, -0.25) is 4.79 Å². The van der Waals surface area contributed by atoms with E-state index in [0.717, 1.165) is 0 Å². The van der Waals surface area contributed by atoms with Gasteiger partial charge in [0.15, 0.2) is 0 Å². The van der Waals surface area contributed by atoms with Crippen LogP contribution in [0.2, 0.25) is 0 Å². The first-order valence-electron chi connectivity index (χ1n) is 7.78. The van der Waals surface area contributed by atoms with Gasteiger partial charge in [0.05, 0.1) is 18.7 Å². The van der Waals surface area contributed by atoms with Crippen molar-refractivity contribution in [3.63, 3.8) is 0 Å². The van der Waals surface area contributed by atoms with Gasteiger partial charge in [0.1, 0.15) is 16.4 Å². The number of ether oxygens (including phenoxy) is 1. The van der Waals surface area contributed by atoms with Crippen molar-refractivity contribution in [2.45, 2.75) is 23.8 Å². The second-order valence-electron chi connectivity index (χ2n) is 6.61. The fraction of sp³-hybridized carbons (Fsp3) is 0.471. The number of carbonyl (C=O) groups excluding carboxylic acids is 1. The van der Waals surface area contributed by atoms with Gasteiger partial charge in [0.25, 0.3) is 0 Å². The lowest BCUT2D eigenvalue weighted by Gasteiger charge is -2.28. The SMILES string of the molecule is COc1ccccc1N[C@H](NC(=O)[C@H]1[C@@H](C=C(Cl)Cl)C1(C)C)C(Cl)(Cl)Cl. The minimum atomic E-state index is -1.79. The fourth-order valence-corrected chi connectivity index (χ4v) is 3.58. The second kappa shape index (κ2) is 8.24. The summed E-state index contributed by atoms with van der Waals surface area (Å²) >= 11 is 29.7. The summed E-state index contributed by atoms with van der Waals surface area (Å²) < 4.78 is 3.62. The van der Waals surface area contributed by atoms with E-state index in [-0.39, 0.29) is 27.6 Å². The van der Waals surface area contributed by atoms with Crippen molar-refractivity contribution < 1.29 is 9.53 Å². The molecule has 1 fully saturated rings. The highest BCUT2D eigenvalue weighted by atomic mass is 35.6. The minimum Gasteiger partial charge on any atom is -0.495 e. The van der Waals surface area contributed by atoms with Crippen molar-refractivity contribution in [2.24, 2.45) is 17.3 Å². The molecule has 1 saturated carbocycles. The largest absolute Gasteiger partial charge is 0.495 e. The van der Waals surface area contributed by atoms with E-state index >= 15 is 0 Å². The molecule has 9 heteroatoms. The van der Waals surface area contributed by atoms with Gasteiger partial charge in [-0.15, -0.1) is 0 Å². The number of allylic oxidation sites excluding steroid dienone is 1. The van der Waals surface area contributed by atoms with Gasteiger partial charge in [0, 0.05) is 0 Å². The van der Waals surface area contributed by atoms with E-state index in [1.165, 1.54) is 7.11 Å². The van der Waals surface area contributed by atoms with E-state index < -0.39 is 9.96 Å². The Morgan fingerprint density at radius 1 is 1.27 bits per heavy atom. The summed E-state index contributed by atoms with van der Waals surface area (Å²) in [5.41, 5.74) is 0.295. The predicted octanol–water partition coefficient (Wildman–Crippen LogP) is 5.51. The van der Waals surface area contributed by atoms with Crippen LogP contribution in [0, 0.1) is 17.3 Å². The Morgan fingerprint density at radius 3 is 2.42 bits per heavy atom. The van der Waals surface area contributed by atoms with Crippen molar-refractivity contribution in [3.8, 4) is 5.75 Å². The molecule has 0 unspecified atom stereocenters. The number of rotatable bonds is 6. The van der Waals surface area contributed by atoms with Crippen molar-refractivity contribution >= 4 is 69.6 Å². The van der Waals surface area contributed by atoms with Crippen molar-refractivity contribution in [1.29, 1.82) is 0 Å². The van der Waals surface area contributed by atoms with Gasteiger partial charge < -0.3 is 15.4 Å². The lowest BCUT2D eigenvalue weighted by atomic mass is 10.1. The molecule has 0 aliphatic heterocycles. The van der Waals surface area contributed by atoms with E-state index in [1.54, 1.807) is 24.3 Å². The van der Waals surface area contributed by atoms with Gasteiger partial charge in [0.2, 0.25) is 9.70 Å². The number of methoxy groups -OCH3 is 1. The predicted molar refractivity (Wildman–Crippen MR) is 109 cm³/mol. The van der Waals surface area contributed by atoms with Crippen LogP contribution in [0.15, 0.2) is 34.8 Å². The van der Waals surface area contributed by atoms with Gasteiger partial charge in [-0.1, -0.05) is 84.0 Å². The first kappa shape index (κ1) is 21.8. The number of alkyl halides is 3. The zero-order valence-electron chi connectivity index (χ0n) is 14.3. The van der Waals surface area contributed by atoms with Crippen LogP contribution in [-0.2, 0) is 4.79 Å². The minimum absolute atomic E-state index is 0.0882. The second-order valence-corrected chi connectivity index (χ2v) is 9.99. The fourth-order valence-electron chi connectivity index (χ4n) is 2.98. The van der Waals surface area contributed by atoms with Crippen LogP contribution < -0.4 is 15.4 Å². The first-order valence-corrected chi connectivity index (χ1v) is 9.67. The Kier molecular flexibility index (Phi) is 6.90. The third-order valence-corrected chi connectivity index (χ3v) is 5.43. The Labute approximate surface area is 178 Å². The van der Waals surface area contributed by atoms with Crippen LogP contribution in [0.4, 0.5) is 5.69 Å². The zero-order valence-corrected chi connectivity index (χ0v) is 18.1. The molecule has 0 saturated heterocycles. The van der Waals surface area contributed by atoms with Crippen LogP contribution in [0.25, 0.3) is 0 Å². The molecule has 0 radical (unpaired) electrons. The molecule has 26 heavy (non-hydrogen) atoms. The normalized spacial score (nSPS) is 22.2.